The molecule has 0 aliphatic heterocycles. The molecule has 0 saturated heterocycles. The first-order chi connectivity index (χ1) is 23.5. The van der Waals surface area contributed by atoms with Gasteiger partial charge in [-0.25, -0.2) is 35.3 Å². The maximum atomic E-state index is 14.4. The smallest absolute Gasteiger partial charge is 0.342 e. The van der Waals surface area contributed by atoms with Gasteiger partial charge in [0.15, 0.2) is 23.3 Å². The van der Waals surface area contributed by atoms with Gasteiger partial charge < -0.3 is 18.8 Å². The fourth-order valence-electron chi connectivity index (χ4n) is 4.61. The zero-order valence-electron chi connectivity index (χ0n) is 25.7. The van der Waals surface area contributed by atoms with Crippen molar-refractivity contribution in [3.8, 4) is 5.75 Å². The van der Waals surface area contributed by atoms with E-state index in [0.29, 0.717) is 10.1 Å². The summed E-state index contributed by atoms with van der Waals surface area (Å²) >= 11 is 0. The molecule has 0 spiro atoms. The maximum Gasteiger partial charge on any atom is 0.342 e. The average Bonchev–Trinajstić information content (AvgIpc) is 3.64. The fourth-order valence-corrected chi connectivity index (χ4v) is 5.64. The van der Waals surface area contributed by atoms with Gasteiger partial charge in [0, 0.05) is 18.8 Å². The first kappa shape index (κ1) is 35.0. The molecule has 5 rings (SSSR count). The Labute approximate surface area is 279 Å². The molecule has 254 valence electrons. The van der Waals surface area contributed by atoms with Gasteiger partial charge in [-0.05, 0) is 35.4 Å². The zero-order valence-corrected chi connectivity index (χ0v) is 26.5. The molecule has 1 atom stereocenters. The van der Waals surface area contributed by atoms with Crippen LogP contribution in [0.4, 0.5) is 27.6 Å². The van der Waals surface area contributed by atoms with Crippen LogP contribution in [0.15, 0.2) is 107 Å². The number of amides is 1. The van der Waals surface area contributed by atoms with Crippen LogP contribution in [0, 0.1) is 29.1 Å². The van der Waals surface area contributed by atoms with Crippen LogP contribution in [0.25, 0.3) is 0 Å². The van der Waals surface area contributed by atoms with Crippen LogP contribution in [0.2, 0.25) is 0 Å². The van der Waals surface area contributed by atoms with Crippen molar-refractivity contribution in [1.82, 2.24) is 4.31 Å². The predicted molar refractivity (Wildman–Crippen MR) is 168 cm³/mol. The molecule has 0 radical (unpaired) electrons. The van der Waals surface area contributed by atoms with Crippen LogP contribution in [0.3, 0.4) is 0 Å². The van der Waals surface area contributed by atoms with Crippen LogP contribution in [0.5, 0.6) is 5.75 Å². The molecule has 0 saturated carbocycles. The molecule has 0 aliphatic carbocycles. The van der Waals surface area contributed by atoms with E-state index in [1.807, 2.05) is 24.3 Å². The fraction of sp³-hybridized carbons (Fsp3) is 0.143. The summed E-state index contributed by atoms with van der Waals surface area (Å²) in [7, 11) is -1.98. The number of esters is 1. The third-order valence-corrected chi connectivity index (χ3v) is 8.53. The lowest BCUT2D eigenvalue weighted by molar-refractivity contribution is -0.118. The number of anilines is 1. The molecule has 1 amide bonds. The molecule has 0 bridgehead atoms. The second kappa shape index (κ2) is 15.7. The SMILES string of the molecule is CN(CC(=O)N(Cc1ccco1)c1ccc(C(=O)OCc2ccccc2)c(OCc2ccccc2)c1)S(=O)c1c(F)c(F)c(F)c(F)c1F. The largest absolute Gasteiger partial charge is 0.488 e. The van der Waals surface area contributed by atoms with Crippen molar-refractivity contribution in [1.29, 1.82) is 0 Å². The monoisotopic (exact) mass is 698 g/mol. The molecule has 8 nitrogen and oxygen atoms in total. The molecule has 5 aromatic rings. The summed E-state index contributed by atoms with van der Waals surface area (Å²) in [6, 6.07) is 25.4. The molecule has 1 aromatic heterocycles. The van der Waals surface area contributed by atoms with E-state index in [0.717, 1.165) is 23.1 Å². The quantitative estimate of drug-likeness (QED) is 0.0565. The van der Waals surface area contributed by atoms with Gasteiger partial charge in [0.1, 0.15) is 46.2 Å². The van der Waals surface area contributed by atoms with Crippen LogP contribution in [-0.4, -0.2) is 34.0 Å². The maximum absolute atomic E-state index is 14.4. The summed E-state index contributed by atoms with van der Waals surface area (Å²) in [5.41, 5.74) is 1.74. The molecular weight excluding hydrogens is 671 g/mol. The minimum absolute atomic E-state index is 0.0187. The van der Waals surface area contributed by atoms with E-state index in [-0.39, 0.29) is 36.8 Å². The zero-order chi connectivity index (χ0) is 35.1. The van der Waals surface area contributed by atoms with Crippen molar-refractivity contribution in [2.24, 2.45) is 0 Å². The van der Waals surface area contributed by atoms with Crippen molar-refractivity contribution in [2.75, 3.05) is 18.5 Å². The summed E-state index contributed by atoms with van der Waals surface area (Å²) in [5.74, 6) is -12.7. The number of hydrogen-bond donors (Lipinski definition) is 0. The van der Waals surface area contributed by atoms with E-state index >= 15 is 0 Å². The lowest BCUT2D eigenvalue weighted by Gasteiger charge is -2.25. The van der Waals surface area contributed by atoms with Gasteiger partial charge in [0.05, 0.1) is 19.4 Å². The average molecular weight is 699 g/mol. The predicted octanol–water partition coefficient (Wildman–Crippen LogP) is 7.10. The van der Waals surface area contributed by atoms with E-state index in [1.54, 1.807) is 48.5 Å². The van der Waals surface area contributed by atoms with Gasteiger partial charge in [0.2, 0.25) is 11.7 Å². The molecule has 1 heterocycles. The standard InChI is InChI=1S/C35H27F5N2O6S/c1-41(49(45)34-32(39)30(37)29(36)31(38)33(34)40)19-28(43)42(18-25-13-8-16-46-25)24-14-15-26(35(44)48-21-23-11-6-3-7-12-23)27(17-24)47-20-22-9-4-2-5-10-22/h2-17H,18-21H2,1H3. The molecule has 0 N–H and O–H groups in total. The van der Waals surface area contributed by atoms with Crippen molar-refractivity contribution in [2.45, 2.75) is 24.7 Å². The lowest BCUT2D eigenvalue weighted by Crippen LogP contribution is -2.39. The number of ether oxygens (including phenoxy) is 2. The highest BCUT2D eigenvalue weighted by Crippen LogP contribution is 2.30. The minimum atomic E-state index is -2.99. The summed E-state index contributed by atoms with van der Waals surface area (Å²) < 4.78 is 101. The van der Waals surface area contributed by atoms with Gasteiger partial charge in [-0.15, -0.1) is 0 Å². The van der Waals surface area contributed by atoms with Gasteiger partial charge in [0.25, 0.3) is 0 Å². The molecule has 1 unspecified atom stereocenters. The van der Waals surface area contributed by atoms with Crippen LogP contribution < -0.4 is 9.64 Å². The normalized spacial score (nSPS) is 11.7. The Kier molecular flexibility index (Phi) is 11.2. The first-order valence-electron chi connectivity index (χ1n) is 14.5. The number of halogens is 5. The Morgan fingerprint density at radius 2 is 1.35 bits per heavy atom. The number of rotatable bonds is 13. The highest BCUT2D eigenvalue weighted by atomic mass is 32.2. The number of furan rings is 1. The van der Waals surface area contributed by atoms with E-state index in [1.165, 1.54) is 24.5 Å². The lowest BCUT2D eigenvalue weighted by atomic mass is 10.1. The Bertz CT molecular complexity index is 1930. The molecular formula is C35H27F5N2O6S. The molecule has 49 heavy (non-hydrogen) atoms. The third kappa shape index (κ3) is 8.21. The van der Waals surface area contributed by atoms with E-state index in [9.17, 15) is 35.8 Å². The van der Waals surface area contributed by atoms with E-state index < -0.39 is 63.4 Å². The number of likely N-dealkylation sites (N-methyl/N-ethyl adjacent to an activating group) is 1. The Morgan fingerprint density at radius 3 is 1.94 bits per heavy atom. The molecule has 0 fully saturated rings. The number of nitrogens with zero attached hydrogens (tertiary/aromatic N) is 2. The first-order valence-corrected chi connectivity index (χ1v) is 15.6. The van der Waals surface area contributed by atoms with Gasteiger partial charge in [-0.1, -0.05) is 60.7 Å². The minimum Gasteiger partial charge on any atom is -0.488 e. The number of hydrogen-bond acceptors (Lipinski definition) is 6. The van der Waals surface area contributed by atoms with E-state index in [4.69, 9.17) is 13.9 Å². The molecule has 4 aromatic carbocycles. The van der Waals surface area contributed by atoms with Crippen molar-refractivity contribution in [3.63, 3.8) is 0 Å². The Balaban J connectivity index is 1.45. The highest BCUT2D eigenvalue weighted by Gasteiger charge is 2.32. The third-order valence-electron chi connectivity index (χ3n) is 7.13. The molecule has 14 heteroatoms. The summed E-state index contributed by atoms with van der Waals surface area (Å²) in [6.45, 7) is -0.993. The van der Waals surface area contributed by atoms with Gasteiger partial charge in [-0.2, -0.15) is 0 Å². The Morgan fingerprint density at radius 1 is 0.755 bits per heavy atom. The Hall–Kier alpha value is -5.34. The van der Waals surface area contributed by atoms with Crippen molar-refractivity contribution in [3.05, 3.63) is 149 Å². The molecule has 0 aliphatic rings. The van der Waals surface area contributed by atoms with Gasteiger partial charge in [-0.3, -0.25) is 4.79 Å². The number of benzene rings is 4. The number of carbonyl (C=O) groups excluding carboxylic acids is 2. The van der Waals surface area contributed by atoms with E-state index in [2.05, 4.69) is 0 Å². The van der Waals surface area contributed by atoms with Crippen molar-refractivity contribution >= 4 is 28.5 Å². The number of carbonyl (C=O) groups is 2. The highest BCUT2D eigenvalue weighted by molar-refractivity contribution is 7.82. The van der Waals surface area contributed by atoms with Crippen LogP contribution >= 0.6 is 0 Å². The van der Waals surface area contributed by atoms with Crippen LogP contribution in [-0.2, 0) is 40.3 Å². The second-order valence-electron chi connectivity index (χ2n) is 10.5. The topological polar surface area (TPSA) is 89.3 Å². The van der Waals surface area contributed by atoms with Crippen molar-refractivity contribution < 1.29 is 49.6 Å². The summed E-state index contributed by atoms with van der Waals surface area (Å²) in [5, 5.41) is 0. The van der Waals surface area contributed by atoms with Crippen LogP contribution in [0.1, 0.15) is 27.2 Å². The van der Waals surface area contributed by atoms with Gasteiger partial charge >= 0.3 is 5.97 Å². The summed E-state index contributed by atoms with van der Waals surface area (Å²) in [4.78, 5) is 26.5. The second-order valence-corrected chi connectivity index (χ2v) is 12.0. The summed E-state index contributed by atoms with van der Waals surface area (Å²) in [6.07, 6.45) is 1.36.